The summed E-state index contributed by atoms with van der Waals surface area (Å²) in [4.78, 5) is 14.7. The van der Waals surface area contributed by atoms with Crippen molar-refractivity contribution >= 4 is 21.8 Å². The summed E-state index contributed by atoms with van der Waals surface area (Å²) in [7, 11) is 0. The highest BCUT2D eigenvalue weighted by Gasteiger charge is 2.30. The predicted molar refractivity (Wildman–Crippen MR) is 85.5 cm³/mol. The molecule has 1 saturated carbocycles. The van der Waals surface area contributed by atoms with Crippen molar-refractivity contribution < 1.29 is 9.90 Å². The lowest BCUT2D eigenvalue weighted by molar-refractivity contribution is 0.0730. The molecule has 3 rings (SSSR count). The molecule has 1 aromatic rings. The van der Waals surface area contributed by atoms with E-state index in [1.54, 1.807) is 18.2 Å². The first-order valence-electron chi connectivity index (χ1n) is 7.64. The number of phenolic OH excluding ortho intramolecular Hbond substituents is 1. The lowest BCUT2D eigenvalue weighted by Crippen LogP contribution is -2.42. The first-order valence-corrected chi connectivity index (χ1v) is 8.44. The number of carbonyl (C=O) groups excluding carboxylic acids is 1. The molecule has 0 bridgehead atoms. The molecular weight excluding hydrogens is 332 g/mol. The van der Waals surface area contributed by atoms with Crippen molar-refractivity contribution in [1.29, 1.82) is 0 Å². The van der Waals surface area contributed by atoms with Crippen LogP contribution in [0.15, 0.2) is 22.7 Å². The molecule has 1 unspecified atom stereocenters. The highest BCUT2D eigenvalue weighted by Crippen LogP contribution is 2.31. The summed E-state index contributed by atoms with van der Waals surface area (Å²) >= 11 is 3.31. The maximum atomic E-state index is 12.8. The number of nitrogens with one attached hydrogen (secondary N) is 1. The van der Waals surface area contributed by atoms with E-state index in [0.29, 0.717) is 17.5 Å². The molecule has 1 aliphatic heterocycles. The molecule has 1 atom stereocenters. The van der Waals surface area contributed by atoms with E-state index in [9.17, 15) is 9.90 Å². The van der Waals surface area contributed by atoms with Gasteiger partial charge in [-0.15, -0.1) is 0 Å². The molecule has 0 radical (unpaired) electrons. The molecule has 1 amide bonds. The smallest absolute Gasteiger partial charge is 0.257 e. The number of nitrogens with zero attached hydrogens (tertiary/aromatic N) is 1. The van der Waals surface area contributed by atoms with Crippen LogP contribution in [0.1, 0.15) is 36.0 Å². The number of phenols is 1. The summed E-state index contributed by atoms with van der Waals surface area (Å²) in [5.74, 6) is 0.642. The summed E-state index contributed by atoms with van der Waals surface area (Å²) in [5, 5.41) is 13.5. The summed E-state index contributed by atoms with van der Waals surface area (Å²) in [6.07, 6.45) is 4.74. The Kier molecular flexibility index (Phi) is 4.50. The Bertz CT molecular complexity index is 525. The molecule has 1 heterocycles. The van der Waals surface area contributed by atoms with Crippen LogP contribution in [0.25, 0.3) is 0 Å². The molecule has 5 heteroatoms. The van der Waals surface area contributed by atoms with E-state index in [1.165, 1.54) is 19.3 Å². The van der Waals surface area contributed by atoms with E-state index in [-0.39, 0.29) is 11.7 Å². The van der Waals surface area contributed by atoms with Crippen LogP contribution in [0, 0.1) is 5.92 Å². The van der Waals surface area contributed by atoms with Gasteiger partial charge in [0, 0.05) is 23.6 Å². The van der Waals surface area contributed by atoms with Gasteiger partial charge in [-0.3, -0.25) is 4.79 Å². The lowest BCUT2D eigenvalue weighted by atomic mass is 10.1. The number of benzene rings is 1. The van der Waals surface area contributed by atoms with Crippen molar-refractivity contribution in [2.75, 3.05) is 19.6 Å². The van der Waals surface area contributed by atoms with Crippen molar-refractivity contribution in [1.82, 2.24) is 10.2 Å². The maximum Gasteiger partial charge on any atom is 0.257 e. The SMILES string of the molecule is O=C(c1ccc(Br)cc1O)N(CC1CC1)CC1CCCN1. The molecule has 0 aromatic heterocycles. The van der Waals surface area contributed by atoms with E-state index in [2.05, 4.69) is 21.2 Å². The third-order valence-electron chi connectivity index (χ3n) is 4.26. The number of hydrogen-bond acceptors (Lipinski definition) is 3. The highest BCUT2D eigenvalue weighted by atomic mass is 79.9. The molecular formula is C16H21BrN2O2. The van der Waals surface area contributed by atoms with Crippen LogP contribution in [0.5, 0.6) is 5.75 Å². The van der Waals surface area contributed by atoms with Gasteiger partial charge in [-0.05, 0) is 56.3 Å². The predicted octanol–water partition coefficient (Wildman–Crippen LogP) is 2.76. The van der Waals surface area contributed by atoms with Gasteiger partial charge in [-0.2, -0.15) is 0 Å². The van der Waals surface area contributed by atoms with E-state index >= 15 is 0 Å². The van der Waals surface area contributed by atoms with Gasteiger partial charge in [0.15, 0.2) is 0 Å². The highest BCUT2D eigenvalue weighted by molar-refractivity contribution is 9.10. The quantitative estimate of drug-likeness (QED) is 0.856. The van der Waals surface area contributed by atoms with Crippen LogP contribution >= 0.6 is 15.9 Å². The van der Waals surface area contributed by atoms with Gasteiger partial charge < -0.3 is 15.3 Å². The molecule has 1 aromatic carbocycles. The van der Waals surface area contributed by atoms with Crippen LogP contribution in [0.2, 0.25) is 0 Å². The molecule has 21 heavy (non-hydrogen) atoms. The summed E-state index contributed by atoms with van der Waals surface area (Å²) in [5.41, 5.74) is 0.400. The third-order valence-corrected chi connectivity index (χ3v) is 4.75. The first-order chi connectivity index (χ1) is 10.1. The topological polar surface area (TPSA) is 52.6 Å². The van der Waals surface area contributed by atoms with Gasteiger partial charge in [0.25, 0.3) is 5.91 Å². The van der Waals surface area contributed by atoms with Crippen LogP contribution in [0.4, 0.5) is 0 Å². The number of rotatable bonds is 5. The molecule has 1 aliphatic carbocycles. The minimum atomic E-state index is -0.0550. The number of amides is 1. The average molecular weight is 353 g/mol. The summed E-state index contributed by atoms with van der Waals surface area (Å²) in [6, 6.07) is 5.47. The standard InChI is InChI=1S/C16H21BrN2O2/c17-12-5-6-14(15(20)8-12)16(21)19(9-11-3-4-11)10-13-2-1-7-18-13/h5-6,8,11,13,18,20H,1-4,7,9-10H2. The number of aromatic hydroxyl groups is 1. The Labute approximate surface area is 133 Å². The summed E-state index contributed by atoms with van der Waals surface area (Å²) < 4.78 is 0.780. The van der Waals surface area contributed by atoms with Crippen LogP contribution in [-0.2, 0) is 0 Å². The molecule has 0 spiro atoms. The second kappa shape index (κ2) is 6.36. The first kappa shape index (κ1) is 14.9. The van der Waals surface area contributed by atoms with Crippen molar-refractivity contribution in [3.8, 4) is 5.75 Å². The lowest BCUT2D eigenvalue weighted by Gasteiger charge is -2.26. The number of hydrogen-bond donors (Lipinski definition) is 2. The van der Waals surface area contributed by atoms with Crippen LogP contribution in [-0.4, -0.2) is 41.6 Å². The van der Waals surface area contributed by atoms with Crippen LogP contribution in [0.3, 0.4) is 0 Å². The van der Waals surface area contributed by atoms with Crippen molar-refractivity contribution in [2.45, 2.75) is 31.7 Å². The van der Waals surface area contributed by atoms with Crippen molar-refractivity contribution in [3.05, 3.63) is 28.2 Å². The minimum Gasteiger partial charge on any atom is -0.507 e. The molecule has 1 saturated heterocycles. The second-order valence-electron chi connectivity index (χ2n) is 6.11. The van der Waals surface area contributed by atoms with Gasteiger partial charge in [0.05, 0.1) is 5.56 Å². The van der Waals surface area contributed by atoms with Crippen molar-refractivity contribution in [3.63, 3.8) is 0 Å². The fourth-order valence-corrected chi connectivity index (χ4v) is 3.24. The van der Waals surface area contributed by atoms with E-state index < -0.39 is 0 Å². The van der Waals surface area contributed by atoms with Crippen LogP contribution < -0.4 is 5.32 Å². The molecule has 4 nitrogen and oxygen atoms in total. The number of carbonyl (C=O) groups is 1. The zero-order chi connectivity index (χ0) is 14.8. The second-order valence-corrected chi connectivity index (χ2v) is 7.02. The molecule has 2 aliphatic rings. The Morgan fingerprint density at radius 2 is 2.14 bits per heavy atom. The Morgan fingerprint density at radius 1 is 1.33 bits per heavy atom. The molecule has 114 valence electrons. The Hall–Kier alpha value is -1.07. The summed E-state index contributed by atoms with van der Waals surface area (Å²) in [6.45, 7) is 2.59. The third kappa shape index (κ3) is 3.77. The minimum absolute atomic E-state index is 0.0505. The zero-order valence-corrected chi connectivity index (χ0v) is 13.6. The maximum absolute atomic E-state index is 12.8. The van der Waals surface area contributed by atoms with E-state index in [0.717, 1.165) is 30.5 Å². The van der Waals surface area contributed by atoms with E-state index in [4.69, 9.17) is 0 Å². The van der Waals surface area contributed by atoms with Crippen molar-refractivity contribution in [2.24, 2.45) is 5.92 Å². The Morgan fingerprint density at radius 3 is 2.76 bits per heavy atom. The van der Waals surface area contributed by atoms with Gasteiger partial charge in [-0.25, -0.2) is 0 Å². The fraction of sp³-hybridized carbons (Fsp3) is 0.562. The normalized spacial score (nSPS) is 21.5. The van der Waals surface area contributed by atoms with Gasteiger partial charge >= 0.3 is 0 Å². The average Bonchev–Trinajstić information content (AvgIpc) is 3.11. The van der Waals surface area contributed by atoms with Gasteiger partial charge in [0.1, 0.15) is 5.75 Å². The van der Waals surface area contributed by atoms with Gasteiger partial charge in [0.2, 0.25) is 0 Å². The van der Waals surface area contributed by atoms with Gasteiger partial charge in [-0.1, -0.05) is 15.9 Å². The molecule has 2 N–H and O–H groups in total. The monoisotopic (exact) mass is 352 g/mol. The largest absolute Gasteiger partial charge is 0.507 e. The fourth-order valence-electron chi connectivity index (χ4n) is 2.89. The Balaban J connectivity index is 1.75. The molecule has 2 fully saturated rings. The number of halogens is 1. The zero-order valence-electron chi connectivity index (χ0n) is 12.0. The van der Waals surface area contributed by atoms with E-state index in [1.807, 2.05) is 4.90 Å².